The Kier molecular flexibility index (Phi) is 3.42. The minimum Gasteiger partial charge on any atom is -0.308 e. The summed E-state index contributed by atoms with van der Waals surface area (Å²) in [5.74, 6) is 0. The molecule has 0 saturated carbocycles. The first-order valence-corrected chi connectivity index (χ1v) is 8.10. The second-order valence-corrected chi connectivity index (χ2v) is 7.53. The molecule has 1 aromatic carbocycles. The normalized spacial score (nSPS) is 26.2. The monoisotopic (exact) mass is 261 g/mol. The van der Waals surface area contributed by atoms with E-state index in [0.29, 0.717) is 12.1 Å². The quantitative estimate of drug-likeness (QED) is 0.860. The molecule has 2 atom stereocenters. The van der Waals surface area contributed by atoms with Crippen LogP contribution in [0, 0.1) is 0 Å². The summed E-state index contributed by atoms with van der Waals surface area (Å²) in [5, 5.41) is 4.48. The molecule has 1 N–H and O–H groups in total. The van der Waals surface area contributed by atoms with Crippen molar-refractivity contribution in [3.63, 3.8) is 0 Å². The van der Waals surface area contributed by atoms with Crippen LogP contribution < -0.4 is 5.32 Å². The molecule has 3 rings (SSSR count). The van der Waals surface area contributed by atoms with Crippen LogP contribution in [-0.4, -0.2) is 11.3 Å². The predicted molar refractivity (Wildman–Crippen MR) is 79.4 cm³/mol. The Labute approximate surface area is 115 Å². The minimum atomic E-state index is 0.558. The maximum atomic E-state index is 3.75. The van der Waals surface area contributed by atoms with Crippen LogP contribution >= 0.6 is 11.8 Å². The average Bonchev–Trinajstić information content (AvgIpc) is 2.72. The van der Waals surface area contributed by atoms with Gasteiger partial charge in [0, 0.05) is 22.2 Å². The van der Waals surface area contributed by atoms with E-state index in [-0.39, 0.29) is 0 Å². The van der Waals surface area contributed by atoms with Crippen molar-refractivity contribution in [3.05, 3.63) is 28.8 Å². The lowest BCUT2D eigenvalue weighted by Crippen LogP contribution is -2.32. The topological polar surface area (TPSA) is 12.0 Å². The average molecular weight is 261 g/mol. The van der Waals surface area contributed by atoms with Crippen molar-refractivity contribution in [1.82, 2.24) is 5.32 Å². The van der Waals surface area contributed by atoms with E-state index in [1.807, 2.05) is 0 Å². The fraction of sp³-hybridized carbons (Fsp3) is 0.625. The molecule has 18 heavy (non-hydrogen) atoms. The molecule has 0 fully saturated rings. The molecule has 2 aliphatic rings. The molecule has 1 aliphatic carbocycles. The van der Waals surface area contributed by atoms with Gasteiger partial charge >= 0.3 is 0 Å². The third-order valence-electron chi connectivity index (χ3n) is 4.03. The van der Waals surface area contributed by atoms with E-state index in [1.54, 1.807) is 16.7 Å². The van der Waals surface area contributed by atoms with Gasteiger partial charge in [0.2, 0.25) is 0 Å². The van der Waals surface area contributed by atoms with Gasteiger partial charge in [0.05, 0.1) is 0 Å². The number of hydrogen-bond donors (Lipinski definition) is 1. The summed E-state index contributed by atoms with van der Waals surface area (Å²) in [6.07, 6.45) is 5.19. The van der Waals surface area contributed by atoms with Crippen molar-refractivity contribution in [2.24, 2.45) is 0 Å². The van der Waals surface area contributed by atoms with Crippen LogP contribution in [0.1, 0.15) is 56.3 Å². The van der Waals surface area contributed by atoms with Crippen LogP contribution in [0.15, 0.2) is 17.0 Å². The van der Waals surface area contributed by atoms with E-state index in [2.05, 4.69) is 50.0 Å². The Morgan fingerprint density at radius 3 is 2.67 bits per heavy atom. The van der Waals surface area contributed by atoms with Gasteiger partial charge in [0.15, 0.2) is 0 Å². The Morgan fingerprint density at radius 2 is 1.94 bits per heavy atom. The first-order valence-electron chi connectivity index (χ1n) is 7.22. The van der Waals surface area contributed by atoms with E-state index in [4.69, 9.17) is 0 Å². The van der Waals surface area contributed by atoms with E-state index < -0.39 is 0 Å². The molecule has 0 amide bonds. The molecule has 98 valence electrons. The van der Waals surface area contributed by atoms with Gasteiger partial charge in [-0.1, -0.05) is 26.8 Å². The summed E-state index contributed by atoms with van der Waals surface area (Å²) in [6, 6.07) is 6.09. The second-order valence-electron chi connectivity index (χ2n) is 6.05. The lowest BCUT2D eigenvalue weighted by molar-refractivity contribution is 0.442. The number of nitrogens with one attached hydrogen (secondary N) is 1. The molecule has 0 radical (unpaired) electrons. The van der Waals surface area contributed by atoms with Crippen molar-refractivity contribution in [3.8, 4) is 0 Å². The predicted octanol–water partition coefficient (Wildman–Crippen LogP) is 4.10. The Bertz CT molecular complexity index is 453. The van der Waals surface area contributed by atoms with Crippen molar-refractivity contribution >= 4 is 11.8 Å². The highest BCUT2D eigenvalue weighted by molar-refractivity contribution is 8.00. The van der Waals surface area contributed by atoms with Gasteiger partial charge in [-0.2, -0.15) is 0 Å². The fourth-order valence-corrected chi connectivity index (χ4v) is 4.55. The maximum absolute atomic E-state index is 3.75. The summed E-state index contributed by atoms with van der Waals surface area (Å²) in [7, 11) is 0. The minimum absolute atomic E-state index is 0.558. The van der Waals surface area contributed by atoms with Crippen LogP contribution in [-0.2, 0) is 12.8 Å². The van der Waals surface area contributed by atoms with E-state index in [0.717, 1.165) is 5.25 Å². The zero-order valence-electron chi connectivity index (χ0n) is 11.6. The van der Waals surface area contributed by atoms with Crippen molar-refractivity contribution in [2.75, 3.05) is 0 Å². The highest BCUT2D eigenvalue weighted by Crippen LogP contribution is 2.43. The van der Waals surface area contributed by atoms with Crippen LogP contribution in [0.25, 0.3) is 0 Å². The third kappa shape index (κ3) is 2.33. The molecular weight excluding hydrogens is 238 g/mol. The summed E-state index contributed by atoms with van der Waals surface area (Å²) in [4.78, 5) is 1.53. The van der Waals surface area contributed by atoms with Gasteiger partial charge in [-0.05, 0) is 48.4 Å². The number of benzene rings is 1. The number of rotatable bonds is 2. The Morgan fingerprint density at radius 1 is 1.22 bits per heavy atom. The molecule has 1 aromatic rings. The molecule has 0 spiro atoms. The second kappa shape index (κ2) is 4.90. The first kappa shape index (κ1) is 12.6. The number of aryl methyl sites for hydroxylation is 2. The first-order chi connectivity index (χ1) is 8.63. The van der Waals surface area contributed by atoms with Crippen molar-refractivity contribution in [1.29, 1.82) is 0 Å². The summed E-state index contributed by atoms with van der Waals surface area (Å²) in [6.45, 7) is 6.86. The molecule has 0 aromatic heterocycles. The molecule has 0 saturated heterocycles. The van der Waals surface area contributed by atoms with Gasteiger partial charge in [-0.3, -0.25) is 0 Å². The zero-order valence-corrected chi connectivity index (χ0v) is 12.4. The van der Waals surface area contributed by atoms with E-state index in [1.165, 1.54) is 30.6 Å². The fourth-order valence-electron chi connectivity index (χ4n) is 3.28. The molecule has 1 heterocycles. The largest absolute Gasteiger partial charge is 0.308 e. The highest BCUT2D eigenvalue weighted by Gasteiger charge is 2.27. The third-order valence-corrected chi connectivity index (χ3v) is 5.23. The summed E-state index contributed by atoms with van der Waals surface area (Å²) in [5.41, 5.74) is 4.78. The Balaban J connectivity index is 1.98. The number of fused-ring (bicyclic) bond motifs is 2. The molecule has 1 nitrogen and oxygen atoms in total. The molecule has 1 aliphatic heterocycles. The van der Waals surface area contributed by atoms with Crippen molar-refractivity contribution in [2.45, 2.75) is 68.7 Å². The molecule has 2 unspecified atom stereocenters. The van der Waals surface area contributed by atoms with Crippen LogP contribution in [0.5, 0.6) is 0 Å². The summed E-state index contributed by atoms with van der Waals surface area (Å²) >= 11 is 2.07. The number of hydrogen-bond acceptors (Lipinski definition) is 2. The van der Waals surface area contributed by atoms with Gasteiger partial charge < -0.3 is 5.32 Å². The molecular formula is C16H23NS. The van der Waals surface area contributed by atoms with Gasteiger partial charge in [0.25, 0.3) is 0 Å². The van der Waals surface area contributed by atoms with Gasteiger partial charge in [-0.25, -0.2) is 0 Å². The lowest BCUT2D eigenvalue weighted by Gasteiger charge is -2.32. The van der Waals surface area contributed by atoms with E-state index >= 15 is 0 Å². The highest BCUT2D eigenvalue weighted by atomic mass is 32.2. The van der Waals surface area contributed by atoms with E-state index in [9.17, 15) is 0 Å². The molecule has 2 heteroatoms. The van der Waals surface area contributed by atoms with Crippen LogP contribution in [0.4, 0.5) is 0 Å². The van der Waals surface area contributed by atoms with Gasteiger partial charge in [0.1, 0.15) is 0 Å². The van der Waals surface area contributed by atoms with Crippen molar-refractivity contribution < 1.29 is 0 Å². The number of thioether (sulfide) groups is 1. The van der Waals surface area contributed by atoms with Crippen LogP contribution in [0.3, 0.4) is 0 Å². The smallest absolute Gasteiger partial charge is 0.0344 e. The SMILES string of the molecule is CC(C)NC1CC(C)Sc2cc3c(cc21)CCC3. The van der Waals surface area contributed by atoms with Gasteiger partial charge in [-0.15, -0.1) is 11.8 Å². The maximum Gasteiger partial charge on any atom is 0.0344 e. The lowest BCUT2D eigenvalue weighted by atomic mass is 9.96. The van der Waals surface area contributed by atoms with Crippen LogP contribution in [0.2, 0.25) is 0 Å². The standard InChI is InChI=1S/C16H23NS/c1-10(2)17-15-7-11(3)18-16-9-13-6-4-5-12(13)8-14(15)16/h8-11,15,17H,4-7H2,1-3H3. The Hall–Kier alpha value is -0.470. The molecule has 0 bridgehead atoms. The summed E-state index contributed by atoms with van der Waals surface area (Å²) < 4.78 is 0. The zero-order chi connectivity index (χ0) is 12.7.